The normalized spacial score (nSPS) is 10.4. The van der Waals surface area contributed by atoms with E-state index in [4.69, 9.17) is 16.7 Å². The van der Waals surface area contributed by atoms with Crippen molar-refractivity contribution in [2.75, 3.05) is 6.61 Å². The second-order valence-corrected chi connectivity index (χ2v) is 3.91. The van der Waals surface area contributed by atoms with Gasteiger partial charge in [0.2, 0.25) is 0 Å². The largest absolute Gasteiger partial charge is 0.396 e. The van der Waals surface area contributed by atoms with Crippen molar-refractivity contribution < 1.29 is 5.11 Å². The Labute approximate surface area is 99.5 Å². The van der Waals surface area contributed by atoms with Crippen LogP contribution in [0.4, 0.5) is 0 Å². The molecule has 0 aliphatic heterocycles. The number of aliphatic hydroxyl groups is 1. The highest BCUT2D eigenvalue weighted by molar-refractivity contribution is 6.33. The summed E-state index contributed by atoms with van der Waals surface area (Å²) in [7, 11) is 0. The van der Waals surface area contributed by atoms with Crippen molar-refractivity contribution >= 4 is 11.6 Å². The molecule has 1 N–H and O–H groups in total. The number of aromatic nitrogens is 1. The van der Waals surface area contributed by atoms with E-state index in [1.807, 2.05) is 36.4 Å². The van der Waals surface area contributed by atoms with Crippen LogP contribution in [0.5, 0.6) is 0 Å². The van der Waals surface area contributed by atoms with Gasteiger partial charge in [-0.2, -0.15) is 0 Å². The molecular formula is C13H12ClNO. The van der Waals surface area contributed by atoms with E-state index in [2.05, 4.69) is 4.98 Å². The molecule has 0 unspecified atom stereocenters. The molecule has 82 valence electrons. The van der Waals surface area contributed by atoms with Crippen molar-refractivity contribution in [3.05, 3.63) is 53.2 Å². The highest BCUT2D eigenvalue weighted by atomic mass is 35.5. The average molecular weight is 234 g/mol. The predicted molar refractivity (Wildman–Crippen MR) is 65.5 cm³/mol. The maximum absolute atomic E-state index is 8.80. The maximum Gasteiger partial charge on any atom is 0.0717 e. The van der Waals surface area contributed by atoms with Crippen molar-refractivity contribution in [3.63, 3.8) is 0 Å². The van der Waals surface area contributed by atoms with E-state index in [0.29, 0.717) is 11.4 Å². The highest BCUT2D eigenvalue weighted by Gasteiger charge is 2.03. The Bertz CT molecular complexity index is 468. The Morgan fingerprint density at radius 3 is 2.56 bits per heavy atom. The van der Waals surface area contributed by atoms with E-state index in [1.165, 1.54) is 0 Å². The van der Waals surface area contributed by atoms with E-state index < -0.39 is 0 Å². The fourth-order valence-electron chi connectivity index (χ4n) is 1.53. The summed E-state index contributed by atoms with van der Waals surface area (Å²) < 4.78 is 0. The van der Waals surface area contributed by atoms with Crippen LogP contribution in [-0.2, 0) is 6.42 Å². The maximum atomic E-state index is 8.80. The molecule has 2 aromatic rings. The van der Waals surface area contributed by atoms with Crippen molar-refractivity contribution in [3.8, 4) is 11.3 Å². The standard InChI is InChI=1S/C13H12ClNO/c14-12-4-2-1-3-11(12)13-6-5-10(7-8-16)9-15-13/h1-6,9,16H,7-8H2. The van der Waals surface area contributed by atoms with Crippen molar-refractivity contribution in [1.29, 1.82) is 0 Å². The highest BCUT2D eigenvalue weighted by Crippen LogP contribution is 2.25. The first-order valence-corrected chi connectivity index (χ1v) is 5.50. The van der Waals surface area contributed by atoms with Gasteiger partial charge in [-0.1, -0.05) is 35.9 Å². The van der Waals surface area contributed by atoms with E-state index in [9.17, 15) is 0 Å². The zero-order valence-electron chi connectivity index (χ0n) is 8.73. The summed E-state index contributed by atoms with van der Waals surface area (Å²) in [6.07, 6.45) is 2.41. The fraction of sp³-hybridized carbons (Fsp3) is 0.154. The molecular weight excluding hydrogens is 222 g/mol. The molecule has 2 rings (SSSR count). The van der Waals surface area contributed by atoms with Crippen LogP contribution in [0.3, 0.4) is 0 Å². The van der Waals surface area contributed by atoms with Crippen molar-refractivity contribution in [2.45, 2.75) is 6.42 Å². The van der Waals surface area contributed by atoms with Gasteiger partial charge in [0, 0.05) is 23.4 Å². The number of nitrogens with zero attached hydrogens (tertiary/aromatic N) is 1. The topological polar surface area (TPSA) is 33.1 Å². The first kappa shape index (κ1) is 11.1. The van der Waals surface area contributed by atoms with Crippen LogP contribution in [-0.4, -0.2) is 16.7 Å². The zero-order chi connectivity index (χ0) is 11.4. The minimum Gasteiger partial charge on any atom is -0.396 e. The van der Waals surface area contributed by atoms with Gasteiger partial charge < -0.3 is 5.11 Å². The average Bonchev–Trinajstić information content (AvgIpc) is 2.31. The molecule has 0 aliphatic rings. The number of rotatable bonds is 3. The Hall–Kier alpha value is -1.38. The van der Waals surface area contributed by atoms with E-state index >= 15 is 0 Å². The lowest BCUT2D eigenvalue weighted by molar-refractivity contribution is 0.299. The Morgan fingerprint density at radius 2 is 1.94 bits per heavy atom. The smallest absolute Gasteiger partial charge is 0.0717 e. The molecule has 0 radical (unpaired) electrons. The molecule has 1 aromatic carbocycles. The lowest BCUT2D eigenvalue weighted by atomic mass is 10.1. The molecule has 0 aliphatic carbocycles. The van der Waals surface area contributed by atoms with Crippen LogP contribution in [0.25, 0.3) is 11.3 Å². The van der Waals surface area contributed by atoms with Gasteiger partial charge in [-0.15, -0.1) is 0 Å². The molecule has 0 saturated heterocycles. The van der Waals surface area contributed by atoms with Gasteiger partial charge >= 0.3 is 0 Å². The molecule has 2 nitrogen and oxygen atoms in total. The van der Waals surface area contributed by atoms with Crippen LogP contribution < -0.4 is 0 Å². The first-order chi connectivity index (χ1) is 7.81. The number of halogens is 1. The molecule has 0 bridgehead atoms. The summed E-state index contributed by atoms with van der Waals surface area (Å²) in [4.78, 5) is 4.33. The number of pyridine rings is 1. The second kappa shape index (κ2) is 5.10. The minimum atomic E-state index is 0.146. The van der Waals surface area contributed by atoms with E-state index in [1.54, 1.807) is 6.20 Å². The number of aliphatic hydroxyl groups excluding tert-OH is 1. The third-order valence-electron chi connectivity index (χ3n) is 2.38. The third kappa shape index (κ3) is 2.40. The monoisotopic (exact) mass is 233 g/mol. The third-order valence-corrected chi connectivity index (χ3v) is 2.70. The summed E-state index contributed by atoms with van der Waals surface area (Å²) in [5, 5.41) is 9.50. The van der Waals surface area contributed by atoms with Gasteiger partial charge in [0.25, 0.3) is 0 Å². The molecule has 16 heavy (non-hydrogen) atoms. The van der Waals surface area contributed by atoms with Crippen LogP contribution in [0, 0.1) is 0 Å². The van der Waals surface area contributed by atoms with E-state index in [-0.39, 0.29) is 6.61 Å². The van der Waals surface area contributed by atoms with Crippen LogP contribution in [0.2, 0.25) is 5.02 Å². The van der Waals surface area contributed by atoms with Gasteiger partial charge in [0.1, 0.15) is 0 Å². The van der Waals surface area contributed by atoms with Gasteiger partial charge in [0.05, 0.1) is 5.69 Å². The fourth-order valence-corrected chi connectivity index (χ4v) is 1.76. The molecule has 0 saturated carbocycles. The summed E-state index contributed by atoms with van der Waals surface area (Å²) in [6.45, 7) is 0.146. The molecule has 0 amide bonds. The number of hydrogen-bond donors (Lipinski definition) is 1. The molecule has 0 atom stereocenters. The van der Waals surface area contributed by atoms with E-state index in [0.717, 1.165) is 16.8 Å². The lowest BCUT2D eigenvalue weighted by Gasteiger charge is -2.04. The molecule has 1 heterocycles. The summed E-state index contributed by atoms with van der Waals surface area (Å²) in [6, 6.07) is 11.5. The molecule has 0 spiro atoms. The lowest BCUT2D eigenvalue weighted by Crippen LogP contribution is -1.92. The SMILES string of the molecule is OCCc1ccc(-c2ccccc2Cl)nc1. The van der Waals surface area contributed by atoms with Crippen molar-refractivity contribution in [2.24, 2.45) is 0 Å². The Balaban J connectivity index is 2.31. The van der Waals surface area contributed by atoms with Crippen LogP contribution in [0.15, 0.2) is 42.6 Å². The summed E-state index contributed by atoms with van der Waals surface area (Å²) >= 11 is 6.08. The van der Waals surface area contributed by atoms with Crippen LogP contribution >= 0.6 is 11.6 Å². The van der Waals surface area contributed by atoms with Crippen molar-refractivity contribution in [1.82, 2.24) is 4.98 Å². The predicted octanol–water partition coefficient (Wildman–Crippen LogP) is 2.94. The number of hydrogen-bond acceptors (Lipinski definition) is 2. The Morgan fingerprint density at radius 1 is 1.12 bits per heavy atom. The summed E-state index contributed by atoms with van der Waals surface area (Å²) in [5.74, 6) is 0. The molecule has 0 fully saturated rings. The molecule has 3 heteroatoms. The van der Waals surface area contributed by atoms with Gasteiger partial charge in [-0.25, -0.2) is 0 Å². The second-order valence-electron chi connectivity index (χ2n) is 3.51. The first-order valence-electron chi connectivity index (χ1n) is 5.12. The summed E-state index contributed by atoms with van der Waals surface area (Å²) in [5.41, 5.74) is 2.81. The van der Waals surface area contributed by atoms with Gasteiger partial charge in [0.15, 0.2) is 0 Å². The quantitative estimate of drug-likeness (QED) is 0.884. The molecule has 1 aromatic heterocycles. The zero-order valence-corrected chi connectivity index (χ0v) is 9.48. The minimum absolute atomic E-state index is 0.146. The number of benzene rings is 1. The van der Waals surface area contributed by atoms with Crippen LogP contribution in [0.1, 0.15) is 5.56 Å². The van der Waals surface area contributed by atoms with Gasteiger partial charge in [-0.05, 0) is 24.1 Å². The van der Waals surface area contributed by atoms with Gasteiger partial charge in [-0.3, -0.25) is 4.98 Å². The Kier molecular flexibility index (Phi) is 3.54.